The summed E-state index contributed by atoms with van der Waals surface area (Å²) >= 11 is 0. The number of rotatable bonds is 9. The number of nitrogens with one attached hydrogen (secondary N) is 1. The number of hydrogen-bond acceptors (Lipinski definition) is 7. The van der Waals surface area contributed by atoms with Crippen LogP contribution in [0.25, 0.3) is 17.0 Å². The van der Waals surface area contributed by atoms with Crippen molar-refractivity contribution < 1.29 is 27.8 Å². The van der Waals surface area contributed by atoms with E-state index in [1.165, 1.54) is 24.5 Å². The number of alkyl halides is 2. The number of benzene rings is 2. The molecule has 11 heteroatoms. The van der Waals surface area contributed by atoms with Crippen LogP contribution in [0.4, 0.5) is 13.6 Å². The Morgan fingerprint density at radius 2 is 1.76 bits per heavy atom. The Morgan fingerprint density at radius 1 is 1.03 bits per heavy atom. The molecular formula is C26H27F2N5O4. The minimum absolute atomic E-state index is 0.0303. The molecule has 4 rings (SSSR count). The van der Waals surface area contributed by atoms with Gasteiger partial charge >= 0.3 is 12.7 Å². The average Bonchev–Trinajstić information content (AvgIpc) is 3.27. The van der Waals surface area contributed by atoms with Gasteiger partial charge in [-0.2, -0.15) is 8.78 Å². The smallest absolute Gasteiger partial charge is 0.408 e. The summed E-state index contributed by atoms with van der Waals surface area (Å²) in [5, 5.41) is 11.2. The number of ether oxygens (including phenoxy) is 3. The zero-order valence-electron chi connectivity index (χ0n) is 20.6. The molecule has 0 fully saturated rings. The summed E-state index contributed by atoms with van der Waals surface area (Å²) in [6, 6.07) is 15.3. The molecule has 0 unspecified atom stereocenters. The third-order valence-corrected chi connectivity index (χ3v) is 5.10. The fraction of sp³-hybridized carbons (Fsp3) is 0.308. The molecule has 0 radical (unpaired) electrons. The van der Waals surface area contributed by atoms with Gasteiger partial charge in [-0.15, -0.1) is 10.2 Å². The molecule has 0 aliphatic heterocycles. The first-order chi connectivity index (χ1) is 17.7. The van der Waals surface area contributed by atoms with Gasteiger partial charge in [0.25, 0.3) is 0 Å². The summed E-state index contributed by atoms with van der Waals surface area (Å²) < 4.78 is 42.6. The number of hydrogen-bond donors (Lipinski definition) is 1. The lowest BCUT2D eigenvalue weighted by Gasteiger charge is -2.24. The summed E-state index contributed by atoms with van der Waals surface area (Å²) in [4.78, 5) is 16.7. The Hall–Kier alpha value is -4.28. The predicted octanol–water partition coefficient (Wildman–Crippen LogP) is 4.91. The van der Waals surface area contributed by atoms with Gasteiger partial charge in [0, 0.05) is 5.56 Å². The quantitative estimate of drug-likeness (QED) is 0.341. The molecule has 0 bridgehead atoms. The van der Waals surface area contributed by atoms with E-state index >= 15 is 0 Å². The number of nitrogens with zero attached hydrogens (tertiary/aromatic N) is 4. The maximum Gasteiger partial charge on any atom is 0.408 e. The Balaban J connectivity index is 1.56. The largest absolute Gasteiger partial charge is 0.475 e. The Kier molecular flexibility index (Phi) is 7.80. The minimum atomic E-state index is -2.91. The number of aromatic nitrogens is 4. The first kappa shape index (κ1) is 25.8. The molecule has 2 aromatic heterocycles. The van der Waals surface area contributed by atoms with Crippen LogP contribution in [0.3, 0.4) is 0 Å². The Morgan fingerprint density at radius 3 is 2.43 bits per heavy atom. The van der Waals surface area contributed by atoms with Crippen molar-refractivity contribution in [1.29, 1.82) is 0 Å². The van der Waals surface area contributed by atoms with Crippen LogP contribution in [0, 0.1) is 0 Å². The van der Waals surface area contributed by atoms with E-state index in [0.717, 1.165) is 5.56 Å². The first-order valence-electron chi connectivity index (χ1n) is 11.6. The number of fused-ring (bicyclic) bond motifs is 1. The van der Waals surface area contributed by atoms with Crippen molar-refractivity contribution in [3.63, 3.8) is 0 Å². The topological polar surface area (TPSA) is 99.9 Å². The number of alkyl carbamates (subject to hydrolysis) is 1. The van der Waals surface area contributed by atoms with E-state index in [9.17, 15) is 13.6 Å². The lowest BCUT2D eigenvalue weighted by molar-refractivity contribution is -0.0498. The summed E-state index contributed by atoms with van der Waals surface area (Å²) in [6.07, 6.45) is 2.99. The van der Waals surface area contributed by atoms with E-state index in [1.807, 2.05) is 30.3 Å². The highest BCUT2D eigenvalue weighted by atomic mass is 19.3. The molecule has 37 heavy (non-hydrogen) atoms. The van der Waals surface area contributed by atoms with Crippen LogP contribution in [0.1, 0.15) is 26.3 Å². The van der Waals surface area contributed by atoms with E-state index < -0.39 is 24.3 Å². The maximum absolute atomic E-state index is 12.5. The molecule has 9 nitrogen and oxygen atoms in total. The monoisotopic (exact) mass is 511 g/mol. The highest BCUT2D eigenvalue weighted by Crippen LogP contribution is 2.25. The number of amides is 1. The van der Waals surface area contributed by atoms with Gasteiger partial charge in [-0.05, 0) is 57.0 Å². The third-order valence-electron chi connectivity index (χ3n) is 5.10. The fourth-order valence-electron chi connectivity index (χ4n) is 3.61. The van der Waals surface area contributed by atoms with Gasteiger partial charge in [0.15, 0.2) is 11.5 Å². The van der Waals surface area contributed by atoms with Gasteiger partial charge in [0.1, 0.15) is 18.0 Å². The zero-order chi connectivity index (χ0) is 26.4. The Bertz CT molecular complexity index is 1320. The average molecular weight is 512 g/mol. The number of carbonyl (C=O) groups is 1. The minimum Gasteiger partial charge on any atom is -0.475 e. The second kappa shape index (κ2) is 11.2. The van der Waals surface area contributed by atoms with Crippen molar-refractivity contribution in [2.24, 2.45) is 0 Å². The van der Waals surface area contributed by atoms with Gasteiger partial charge in [0.05, 0.1) is 18.4 Å². The highest BCUT2D eigenvalue weighted by Gasteiger charge is 2.21. The zero-order valence-corrected chi connectivity index (χ0v) is 20.6. The normalized spacial score (nSPS) is 12.4. The van der Waals surface area contributed by atoms with Crippen LogP contribution in [-0.4, -0.2) is 50.5 Å². The first-order valence-corrected chi connectivity index (χ1v) is 11.6. The van der Waals surface area contributed by atoms with Crippen LogP contribution < -0.4 is 14.8 Å². The molecule has 0 spiro atoms. The van der Waals surface area contributed by atoms with E-state index in [-0.39, 0.29) is 12.4 Å². The predicted molar refractivity (Wildman–Crippen MR) is 132 cm³/mol. The molecule has 1 N–H and O–H groups in total. The SMILES string of the molecule is CC(C)(C)OC(=O)N[C@H](COc1cncc2nnc(-c3ccc(OC(F)F)cc3)n12)Cc1ccccc1. The number of halogens is 2. The fourth-order valence-corrected chi connectivity index (χ4v) is 3.61. The van der Waals surface area contributed by atoms with E-state index in [4.69, 9.17) is 9.47 Å². The van der Waals surface area contributed by atoms with Crippen molar-refractivity contribution in [3.05, 3.63) is 72.6 Å². The van der Waals surface area contributed by atoms with Crippen LogP contribution >= 0.6 is 0 Å². The van der Waals surface area contributed by atoms with E-state index in [2.05, 4.69) is 25.2 Å². The second-order valence-corrected chi connectivity index (χ2v) is 9.21. The second-order valence-electron chi connectivity index (χ2n) is 9.21. The Labute approximate surface area is 212 Å². The van der Waals surface area contributed by atoms with Gasteiger partial charge in [-0.3, -0.25) is 4.98 Å². The lowest BCUT2D eigenvalue weighted by Crippen LogP contribution is -2.43. The van der Waals surface area contributed by atoms with Gasteiger partial charge in [0.2, 0.25) is 5.88 Å². The molecule has 0 aliphatic rings. The molecule has 4 aromatic rings. The van der Waals surface area contributed by atoms with E-state index in [1.54, 1.807) is 37.3 Å². The van der Waals surface area contributed by atoms with Crippen LogP contribution in [-0.2, 0) is 11.2 Å². The molecule has 2 aromatic carbocycles. The van der Waals surface area contributed by atoms with Gasteiger partial charge in [-0.1, -0.05) is 30.3 Å². The molecule has 0 saturated heterocycles. The van der Waals surface area contributed by atoms with Gasteiger partial charge < -0.3 is 19.5 Å². The van der Waals surface area contributed by atoms with Crippen molar-refractivity contribution >= 4 is 11.7 Å². The van der Waals surface area contributed by atoms with Crippen molar-refractivity contribution in [2.45, 2.75) is 45.4 Å². The van der Waals surface area contributed by atoms with E-state index in [0.29, 0.717) is 29.3 Å². The molecule has 0 aliphatic carbocycles. The van der Waals surface area contributed by atoms with Crippen molar-refractivity contribution in [2.75, 3.05) is 6.61 Å². The van der Waals surface area contributed by atoms with Crippen LogP contribution in [0.5, 0.6) is 11.6 Å². The summed E-state index contributed by atoms with van der Waals surface area (Å²) in [7, 11) is 0. The molecule has 0 saturated carbocycles. The highest BCUT2D eigenvalue weighted by molar-refractivity contribution is 5.68. The van der Waals surface area contributed by atoms with Crippen LogP contribution in [0.15, 0.2) is 67.0 Å². The molecule has 194 valence electrons. The molecular weight excluding hydrogens is 484 g/mol. The standard InChI is InChI=1S/C26H27F2N5O4/c1-26(2,3)37-25(34)30-19(13-17-7-5-4-6-8-17)16-35-22-15-29-14-21-31-32-23(33(21)22)18-9-11-20(12-10-18)36-24(27)28/h4-12,14-15,19,24H,13,16H2,1-3H3,(H,30,34)/t19-/m0/s1. The summed E-state index contributed by atoms with van der Waals surface area (Å²) in [5.74, 6) is 0.799. The third kappa shape index (κ3) is 7.12. The van der Waals surface area contributed by atoms with Crippen LogP contribution in [0.2, 0.25) is 0 Å². The number of carbonyl (C=O) groups excluding carboxylic acids is 1. The van der Waals surface area contributed by atoms with Crippen molar-refractivity contribution in [3.8, 4) is 23.0 Å². The summed E-state index contributed by atoms with van der Waals surface area (Å²) in [6.45, 7) is 2.57. The molecule has 1 atom stereocenters. The van der Waals surface area contributed by atoms with Crippen molar-refractivity contribution in [1.82, 2.24) is 24.9 Å². The summed E-state index contributed by atoms with van der Waals surface area (Å²) in [5.41, 5.74) is 1.41. The maximum atomic E-state index is 12.5. The van der Waals surface area contributed by atoms with Gasteiger partial charge in [-0.25, -0.2) is 9.20 Å². The molecule has 1 amide bonds. The molecule has 2 heterocycles. The lowest BCUT2D eigenvalue weighted by atomic mass is 10.1.